The van der Waals surface area contributed by atoms with Crippen molar-refractivity contribution in [2.45, 2.75) is 213 Å². The molecular formula is C39H79Cl2N2O. The minimum absolute atomic E-state index is 0. The minimum atomic E-state index is -0.410. The van der Waals surface area contributed by atoms with Gasteiger partial charge < -0.3 is 16.9 Å². The molecule has 0 aliphatic carbocycles. The van der Waals surface area contributed by atoms with Gasteiger partial charge in [0, 0.05) is 6.42 Å². The quantitative estimate of drug-likeness (QED) is 0.0384. The van der Waals surface area contributed by atoms with Gasteiger partial charge in [-0.25, -0.2) is 0 Å². The summed E-state index contributed by atoms with van der Waals surface area (Å²) >= 11 is 0. The van der Waals surface area contributed by atoms with Gasteiger partial charge in [0.25, 0.3) is 0 Å². The van der Waals surface area contributed by atoms with E-state index in [1.165, 1.54) is 184 Å². The summed E-state index contributed by atoms with van der Waals surface area (Å²) in [7, 11) is 4.98. The Kier molecular flexibility index (Phi) is 40.7. The maximum absolute atomic E-state index is 10.6. The molecule has 0 saturated carbocycles. The van der Waals surface area contributed by atoms with Gasteiger partial charge in [0.2, 0.25) is 5.91 Å². The predicted octanol–water partition coefficient (Wildman–Crippen LogP) is 9.97. The van der Waals surface area contributed by atoms with Crippen LogP contribution in [-0.2, 0) is 4.79 Å². The van der Waals surface area contributed by atoms with Crippen LogP contribution in [0.5, 0.6) is 0 Å². The van der Waals surface area contributed by atoms with Gasteiger partial charge >= 0.3 is 0 Å². The van der Waals surface area contributed by atoms with Gasteiger partial charge in [-0.15, -0.1) is 12.4 Å². The van der Waals surface area contributed by atoms with Crippen LogP contribution in [0, 0.1) is 0 Å². The first-order chi connectivity index (χ1) is 20.4. The molecule has 0 aromatic rings. The van der Waals surface area contributed by atoms with Gasteiger partial charge in [0.15, 0.2) is 0 Å². The highest BCUT2D eigenvalue weighted by atomic mass is 35.5. The summed E-state index contributed by atoms with van der Waals surface area (Å²) in [5, 5.41) is 0. The van der Waals surface area contributed by atoms with Crippen molar-refractivity contribution < 1.29 is 21.7 Å². The number of carbonyl (C=O) groups is 1. The van der Waals surface area contributed by atoms with Gasteiger partial charge in [0.05, 0.1) is 26.7 Å². The van der Waals surface area contributed by atoms with Crippen molar-refractivity contribution in [3.63, 3.8) is 0 Å². The number of hydrogen-bond donors (Lipinski definition) is 0. The molecule has 0 aliphatic rings. The van der Waals surface area contributed by atoms with Gasteiger partial charge in [-0.3, -0.25) is 10.5 Å². The molecule has 265 valence electrons. The molecule has 0 aliphatic heterocycles. The molecule has 0 spiro atoms. The van der Waals surface area contributed by atoms with Crippen LogP contribution in [0.3, 0.4) is 0 Å². The number of hydrogen-bond acceptors (Lipinski definition) is 1. The fraction of sp³-hybridized carbons (Fsp3) is 0.923. The van der Waals surface area contributed by atoms with E-state index in [2.05, 4.69) is 40.1 Å². The van der Waals surface area contributed by atoms with Crippen molar-refractivity contribution in [2.24, 2.45) is 0 Å². The molecule has 1 N–H and O–H groups in total. The molecule has 1 atom stereocenters. The topological polar surface area (TPSA) is 40.9 Å². The van der Waals surface area contributed by atoms with E-state index in [-0.39, 0.29) is 24.8 Å². The van der Waals surface area contributed by atoms with E-state index in [9.17, 15) is 4.79 Å². The molecule has 5 heteroatoms. The van der Waals surface area contributed by atoms with Crippen LogP contribution in [0.2, 0.25) is 0 Å². The van der Waals surface area contributed by atoms with E-state index in [0.29, 0.717) is 6.42 Å². The second kappa shape index (κ2) is 37.2. The summed E-state index contributed by atoms with van der Waals surface area (Å²) in [4.78, 5) is 10.6. The Hall–Kier alpha value is -0.250. The highest BCUT2D eigenvalue weighted by Gasteiger charge is 2.26. The van der Waals surface area contributed by atoms with Crippen molar-refractivity contribution in [2.75, 3.05) is 20.6 Å². The molecule has 44 heavy (non-hydrogen) atoms. The van der Waals surface area contributed by atoms with E-state index in [0.717, 1.165) is 18.9 Å². The molecule has 3 nitrogen and oxygen atoms in total. The molecule has 0 aromatic heterocycles. The zero-order valence-electron chi connectivity index (χ0n) is 30.3. The van der Waals surface area contributed by atoms with Crippen molar-refractivity contribution in [1.82, 2.24) is 5.73 Å². The van der Waals surface area contributed by atoms with Crippen molar-refractivity contribution in [3.8, 4) is 0 Å². The maximum atomic E-state index is 10.6. The van der Waals surface area contributed by atoms with Crippen molar-refractivity contribution >= 4 is 18.3 Å². The monoisotopic (exact) mass is 662 g/mol. The Morgan fingerprint density at radius 3 is 1.25 bits per heavy atom. The lowest BCUT2D eigenvalue weighted by atomic mass is 9.97. The number of halogens is 2. The van der Waals surface area contributed by atoms with Gasteiger partial charge in [-0.1, -0.05) is 148 Å². The summed E-state index contributed by atoms with van der Waals surface area (Å²) in [5.41, 5.74) is 6.93. The summed E-state index contributed by atoms with van der Waals surface area (Å²) in [6.45, 7) is 5.98. The molecule has 0 bridgehead atoms. The lowest BCUT2D eigenvalue weighted by Crippen LogP contribution is -3.00. The van der Waals surface area contributed by atoms with E-state index in [4.69, 9.17) is 5.73 Å². The summed E-state index contributed by atoms with van der Waals surface area (Å²) < 4.78 is 1.23. The molecule has 0 aromatic carbocycles. The largest absolute Gasteiger partial charge is 1.00 e. The van der Waals surface area contributed by atoms with Crippen LogP contribution < -0.4 is 18.1 Å². The number of unbranched alkanes of at least 4 members (excludes halogenated alkanes) is 23. The molecule has 0 heterocycles. The van der Waals surface area contributed by atoms with Crippen LogP contribution >= 0.6 is 12.4 Å². The Bertz CT molecular complexity index is 597. The number of quaternary nitrogens is 1. The Labute approximate surface area is 290 Å². The molecule has 1 radical (unpaired) electrons. The standard InChI is InChI=1S/C39H78N2O.2ClH/c1-5-7-8-9-10-11-12-13-16-19-22-25-28-31-34-38(41(3,4)37-6-2)35-32-29-26-23-20-17-14-15-18-21-24-27-30-33-36-39(40)42;;/h14-15,38,40H,5-13,16-37H2,1-4H3;2*1H/q+1;;/p-1/b15-14-;;. The van der Waals surface area contributed by atoms with Gasteiger partial charge in [-0.05, 0) is 64.2 Å². The molecular weight excluding hydrogens is 583 g/mol. The van der Waals surface area contributed by atoms with E-state index in [1.54, 1.807) is 0 Å². The number of allylic oxidation sites excluding steroid dienone is 2. The average molecular weight is 663 g/mol. The molecule has 0 fully saturated rings. The zero-order chi connectivity index (χ0) is 31.0. The average Bonchev–Trinajstić information content (AvgIpc) is 2.95. The highest BCUT2D eigenvalue weighted by molar-refractivity contribution is 5.85. The molecule has 0 saturated heterocycles. The fourth-order valence-electron chi connectivity index (χ4n) is 6.66. The second-order valence-corrected chi connectivity index (χ2v) is 14.1. The van der Waals surface area contributed by atoms with Crippen LogP contribution in [0.25, 0.3) is 0 Å². The van der Waals surface area contributed by atoms with Crippen LogP contribution in [0.4, 0.5) is 0 Å². The first kappa shape index (κ1) is 48.1. The normalized spacial score (nSPS) is 12.3. The first-order valence-electron chi connectivity index (χ1n) is 19.2. The third-order valence-corrected chi connectivity index (χ3v) is 9.53. The number of carbonyl (C=O) groups excluding carboxylic acids is 1. The van der Waals surface area contributed by atoms with E-state index >= 15 is 0 Å². The molecule has 1 amide bonds. The lowest BCUT2D eigenvalue weighted by molar-refractivity contribution is -0.916. The zero-order valence-corrected chi connectivity index (χ0v) is 31.9. The highest BCUT2D eigenvalue weighted by Crippen LogP contribution is 2.23. The number of amides is 1. The maximum Gasteiger partial charge on any atom is 0.238 e. The third kappa shape index (κ3) is 34.6. The van der Waals surface area contributed by atoms with Gasteiger partial charge in [0.1, 0.15) is 0 Å². The lowest BCUT2D eigenvalue weighted by Gasteiger charge is -2.38. The molecule has 1 unspecified atom stereocenters. The SMILES string of the molecule is CCCCCCCCCCCCCCCCC(CCCCCCC/C=C\CCCCCCCC([NH])=O)[N+](C)(C)CCC.Cl.[Cl-]. The second-order valence-electron chi connectivity index (χ2n) is 14.1. The smallest absolute Gasteiger partial charge is 0.238 e. The fourth-order valence-corrected chi connectivity index (χ4v) is 6.66. The minimum Gasteiger partial charge on any atom is -1.00 e. The van der Waals surface area contributed by atoms with Crippen LogP contribution in [0.15, 0.2) is 12.2 Å². The Morgan fingerprint density at radius 2 is 0.886 bits per heavy atom. The number of nitrogens with one attached hydrogen (secondary N) is 1. The van der Waals surface area contributed by atoms with Crippen LogP contribution in [0.1, 0.15) is 206 Å². The number of rotatable bonds is 34. The predicted molar refractivity (Wildman–Crippen MR) is 195 cm³/mol. The number of nitrogens with zero attached hydrogens (tertiary/aromatic N) is 1. The summed E-state index contributed by atoms with van der Waals surface area (Å²) in [6.07, 6.45) is 44.8. The van der Waals surface area contributed by atoms with Crippen molar-refractivity contribution in [3.05, 3.63) is 12.2 Å². The third-order valence-electron chi connectivity index (χ3n) is 9.53. The van der Waals surface area contributed by atoms with Crippen LogP contribution in [-0.4, -0.2) is 37.1 Å². The Morgan fingerprint density at radius 1 is 0.545 bits per heavy atom. The molecule has 0 rings (SSSR count). The van der Waals surface area contributed by atoms with Crippen molar-refractivity contribution in [1.29, 1.82) is 0 Å². The first-order valence-corrected chi connectivity index (χ1v) is 19.2. The van der Waals surface area contributed by atoms with E-state index in [1.807, 2.05) is 0 Å². The van der Waals surface area contributed by atoms with E-state index < -0.39 is 5.91 Å². The summed E-state index contributed by atoms with van der Waals surface area (Å²) in [5.74, 6) is -0.410. The summed E-state index contributed by atoms with van der Waals surface area (Å²) in [6, 6.07) is 0.852. The Balaban J connectivity index is -0.00000840. The van der Waals surface area contributed by atoms with Gasteiger partial charge in [-0.2, -0.15) is 0 Å².